The number of fused-ring (bicyclic) bond motifs is 2. The molecule has 0 radical (unpaired) electrons. The van der Waals surface area contributed by atoms with Crippen LogP contribution in [0.5, 0.6) is 0 Å². The minimum atomic E-state index is -3.61. The predicted octanol–water partition coefficient (Wildman–Crippen LogP) is 5.36. The Bertz CT molecular complexity index is 1400. The standard InChI is InChI=1S/C13H9BrN2O2S.C7H5BrN2/c14-12-7-6-10-8-9-16(13(10)15-12)19(17,18)11-4-2-1-3-5-11;8-6-2-1-5-3-4-9-7(5)10-6/h1-9H;1-4H,(H,9,10). The van der Waals surface area contributed by atoms with Gasteiger partial charge in [0.25, 0.3) is 10.0 Å². The van der Waals surface area contributed by atoms with Crippen molar-refractivity contribution >= 4 is 63.9 Å². The van der Waals surface area contributed by atoms with Gasteiger partial charge in [0.05, 0.1) is 4.90 Å². The first-order valence-electron chi connectivity index (χ1n) is 8.49. The van der Waals surface area contributed by atoms with E-state index in [1.54, 1.807) is 42.5 Å². The number of hydrogen-bond donors (Lipinski definition) is 1. The van der Waals surface area contributed by atoms with E-state index in [-0.39, 0.29) is 4.90 Å². The van der Waals surface area contributed by atoms with Crippen LogP contribution < -0.4 is 0 Å². The molecule has 1 aromatic carbocycles. The lowest BCUT2D eigenvalue weighted by molar-refractivity contribution is 0.588. The Balaban J connectivity index is 0.000000171. The summed E-state index contributed by atoms with van der Waals surface area (Å²) >= 11 is 6.54. The molecule has 146 valence electrons. The molecule has 0 fully saturated rings. The number of halogens is 2. The summed E-state index contributed by atoms with van der Waals surface area (Å²) in [6.07, 6.45) is 3.40. The molecule has 0 saturated carbocycles. The number of hydrogen-bond acceptors (Lipinski definition) is 4. The summed E-state index contributed by atoms with van der Waals surface area (Å²) in [5.74, 6) is 0. The first-order valence-corrected chi connectivity index (χ1v) is 11.5. The van der Waals surface area contributed by atoms with E-state index in [1.807, 2.05) is 30.5 Å². The van der Waals surface area contributed by atoms with E-state index in [9.17, 15) is 8.42 Å². The van der Waals surface area contributed by atoms with Crippen molar-refractivity contribution in [2.45, 2.75) is 4.90 Å². The number of rotatable bonds is 2. The Morgan fingerprint density at radius 1 is 0.793 bits per heavy atom. The summed E-state index contributed by atoms with van der Waals surface area (Å²) in [5, 5.41) is 1.92. The molecule has 29 heavy (non-hydrogen) atoms. The van der Waals surface area contributed by atoms with Crippen LogP contribution in [0.1, 0.15) is 0 Å². The molecule has 0 atom stereocenters. The van der Waals surface area contributed by atoms with E-state index in [1.165, 1.54) is 10.2 Å². The summed E-state index contributed by atoms with van der Waals surface area (Å²) in [6, 6.07) is 19.6. The highest BCUT2D eigenvalue weighted by atomic mass is 79.9. The van der Waals surface area contributed by atoms with Gasteiger partial charge in [0.15, 0.2) is 5.65 Å². The first-order chi connectivity index (χ1) is 13.9. The van der Waals surface area contributed by atoms with Crippen molar-refractivity contribution in [1.29, 1.82) is 0 Å². The molecule has 5 rings (SSSR count). The second-order valence-corrected chi connectivity index (χ2v) is 9.47. The molecule has 0 unspecified atom stereocenters. The largest absolute Gasteiger partial charge is 0.346 e. The zero-order chi connectivity index (χ0) is 20.4. The summed E-state index contributed by atoms with van der Waals surface area (Å²) in [7, 11) is -3.61. The number of benzene rings is 1. The lowest BCUT2D eigenvalue weighted by Crippen LogP contribution is -2.12. The van der Waals surface area contributed by atoms with Crippen LogP contribution in [0.3, 0.4) is 0 Å². The van der Waals surface area contributed by atoms with Gasteiger partial charge in [-0.15, -0.1) is 0 Å². The lowest BCUT2D eigenvalue weighted by Gasteiger charge is -2.06. The molecular formula is C20H14Br2N4O2S. The van der Waals surface area contributed by atoms with Gasteiger partial charge in [-0.25, -0.2) is 22.4 Å². The minimum absolute atomic E-state index is 0.245. The van der Waals surface area contributed by atoms with Crippen LogP contribution >= 0.6 is 31.9 Å². The SMILES string of the molecule is Brc1ccc2cc[nH]c2n1.O=S(=O)(c1ccccc1)n1ccc2ccc(Br)nc21. The zero-order valence-corrected chi connectivity index (χ0v) is 18.8. The maximum atomic E-state index is 12.5. The van der Waals surface area contributed by atoms with Crippen molar-refractivity contribution in [2.24, 2.45) is 0 Å². The molecule has 6 nitrogen and oxygen atoms in total. The van der Waals surface area contributed by atoms with Crippen LogP contribution in [0.25, 0.3) is 22.1 Å². The summed E-state index contributed by atoms with van der Waals surface area (Å²) in [6.45, 7) is 0. The minimum Gasteiger partial charge on any atom is -0.346 e. The summed E-state index contributed by atoms with van der Waals surface area (Å²) in [5.41, 5.74) is 1.34. The van der Waals surface area contributed by atoms with E-state index in [4.69, 9.17) is 0 Å². The number of H-pyrrole nitrogens is 1. The normalized spacial score (nSPS) is 11.4. The lowest BCUT2D eigenvalue weighted by atomic mass is 10.3. The second-order valence-electron chi connectivity index (χ2n) is 6.03. The van der Waals surface area contributed by atoms with E-state index < -0.39 is 10.0 Å². The van der Waals surface area contributed by atoms with Crippen LogP contribution in [0.2, 0.25) is 0 Å². The highest BCUT2D eigenvalue weighted by Crippen LogP contribution is 2.22. The Morgan fingerprint density at radius 2 is 1.48 bits per heavy atom. The smallest absolute Gasteiger partial charge is 0.269 e. The molecule has 5 aromatic rings. The quantitative estimate of drug-likeness (QED) is 0.310. The molecule has 1 N–H and O–H groups in total. The molecule has 0 aliphatic carbocycles. The topological polar surface area (TPSA) is 80.6 Å². The summed E-state index contributed by atoms with van der Waals surface area (Å²) < 4.78 is 27.7. The highest BCUT2D eigenvalue weighted by Gasteiger charge is 2.19. The Morgan fingerprint density at radius 3 is 2.24 bits per heavy atom. The van der Waals surface area contributed by atoms with E-state index in [0.29, 0.717) is 10.3 Å². The van der Waals surface area contributed by atoms with Crippen LogP contribution in [-0.2, 0) is 10.0 Å². The molecule has 0 saturated heterocycles. The van der Waals surface area contributed by atoms with E-state index in [0.717, 1.165) is 21.0 Å². The maximum Gasteiger partial charge on any atom is 0.269 e. The van der Waals surface area contributed by atoms with Gasteiger partial charge in [0.1, 0.15) is 14.9 Å². The molecular weight excluding hydrogens is 520 g/mol. The van der Waals surface area contributed by atoms with E-state index >= 15 is 0 Å². The second kappa shape index (κ2) is 8.10. The number of aromatic amines is 1. The van der Waals surface area contributed by atoms with Gasteiger partial charge < -0.3 is 4.98 Å². The molecule has 9 heteroatoms. The molecule has 0 bridgehead atoms. The fourth-order valence-electron chi connectivity index (χ4n) is 2.77. The van der Waals surface area contributed by atoms with Crippen molar-refractivity contribution in [3.8, 4) is 0 Å². The van der Waals surface area contributed by atoms with Gasteiger partial charge in [-0.1, -0.05) is 18.2 Å². The number of nitrogens with one attached hydrogen (secondary N) is 1. The van der Waals surface area contributed by atoms with Crippen molar-refractivity contribution in [2.75, 3.05) is 0 Å². The average molecular weight is 534 g/mol. The van der Waals surface area contributed by atoms with Gasteiger partial charge >= 0.3 is 0 Å². The Labute approximate surface area is 183 Å². The fourth-order valence-corrected chi connectivity index (χ4v) is 4.70. The fraction of sp³-hybridized carbons (Fsp3) is 0. The molecule has 4 aromatic heterocycles. The Kier molecular flexibility index (Phi) is 5.53. The zero-order valence-electron chi connectivity index (χ0n) is 14.8. The van der Waals surface area contributed by atoms with Crippen LogP contribution in [0.15, 0.2) is 93.2 Å². The maximum absolute atomic E-state index is 12.5. The van der Waals surface area contributed by atoms with E-state index in [2.05, 4.69) is 46.8 Å². The molecule has 0 aliphatic rings. The van der Waals surface area contributed by atoms with Crippen molar-refractivity contribution in [1.82, 2.24) is 18.9 Å². The third-order valence-corrected chi connectivity index (χ3v) is 6.71. The predicted molar refractivity (Wildman–Crippen MR) is 120 cm³/mol. The Hall–Kier alpha value is -2.49. The summed E-state index contributed by atoms with van der Waals surface area (Å²) in [4.78, 5) is 11.7. The monoisotopic (exact) mass is 532 g/mol. The first kappa shape index (κ1) is 19.8. The van der Waals surface area contributed by atoms with Crippen LogP contribution in [0, 0.1) is 0 Å². The third-order valence-electron chi connectivity index (χ3n) is 4.14. The molecule has 0 amide bonds. The van der Waals surface area contributed by atoms with Crippen molar-refractivity contribution in [3.63, 3.8) is 0 Å². The van der Waals surface area contributed by atoms with Gasteiger partial charge in [-0.2, -0.15) is 0 Å². The van der Waals surface area contributed by atoms with Crippen molar-refractivity contribution < 1.29 is 8.42 Å². The molecule has 0 aliphatic heterocycles. The molecule has 0 spiro atoms. The molecule has 4 heterocycles. The van der Waals surface area contributed by atoms with Gasteiger partial charge in [-0.3, -0.25) is 0 Å². The van der Waals surface area contributed by atoms with Gasteiger partial charge in [0, 0.05) is 23.2 Å². The van der Waals surface area contributed by atoms with Crippen LogP contribution in [-0.4, -0.2) is 27.3 Å². The highest BCUT2D eigenvalue weighted by molar-refractivity contribution is 9.10. The van der Waals surface area contributed by atoms with Crippen molar-refractivity contribution in [3.05, 3.63) is 88.3 Å². The number of aromatic nitrogens is 4. The average Bonchev–Trinajstić information content (AvgIpc) is 3.35. The van der Waals surface area contributed by atoms with Crippen LogP contribution in [0.4, 0.5) is 0 Å². The third kappa shape index (κ3) is 4.12. The van der Waals surface area contributed by atoms with Gasteiger partial charge in [0.2, 0.25) is 0 Å². The van der Waals surface area contributed by atoms with Gasteiger partial charge in [-0.05, 0) is 80.4 Å². The number of nitrogens with zero attached hydrogens (tertiary/aromatic N) is 3. The number of pyridine rings is 2.